The first-order valence-electron chi connectivity index (χ1n) is 7.11. The molecule has 7 nitrogen and oxygen atoms in total. The molecule has 0 fully saturated rings. The number of aryl methyl sites for hydroxylation is 1. The molecule has 10 heteroatoms. The second-order valence-electron chi connectivity index (χ2n) is 5.27. The number of benzene rings is 2. The molecule has 0 radical (unpaired) electrons. The van der Waals surface area contributed by atoms with Crippen LogP contribution in [0, 0.1) is 0 Å². The van der Waals surface area contributed by atoms with Gasteiger partial charge in [0.25, 0.3) is 20.0 Å². The quantitative estimate of drug-likeness (QED) is 0.627. The van der Waals surface area contributed by atoms with E-state index >= 15 is 0 Å². The van der Waals surface area contributed by atoms with E-state index in [9.17, 15) is 16.8 Å². The Morgan fingerprint density at radius 1 is 0.960 bits per heavy atom. The van der Waals surface area contributed by atoms with Crippen molar-refractivity contribution in [1.29, 1.82) is 0 Å². The van der Waals surface area contributed by atoms with Crippen LogP contribution in [0.5, 0.6) is 0 Å². The van der Waals surface area contributed by atoms with Crippen molar-refractivity contribution in [2.75, 3.05) is 6.26 Å². The number of hydrogen-bond acceptors (Lipinski definition) is 6. The normalized spacial score (nSPS) is 13.3. The zero-order chi connectivity index (χ0) is 18.2. The summed E-state index contributed by atoms with van der Waals surface area (Å²) in [4.78, 5) is 0.110. The Balaban J connectivity index is 2.26. The molecule has 132 valence electrons. The maximum Gasteiger partial charge on any atom is 0.292 e. The van der Waals surface area contributed by atoms with Gasteiger partial charge >= 0.3 is 0 Å². The molecule has 0 N–H and O–H groups in total. The van der Waals surface area contributed by atoms with Gasteiger partial charge in [0.1, 0.15) is 0 Å². The fourth-order valence-corrected chi connectivity index (χ4v) is 6.13. The van der Waals surface area contributed by atoms with E-state index in [0.717, 1.165) is 16.5 Å². The van der Waals surface area contributed by atoms with E-state index in [1.807, 2.05) is 24.3 Å². The number of hydrogen-bond donors (Lipinski definition) is 0. The van der Waals surface area contributed by atoms with Crippen LogP contribution in [0.3, 0.4) is 0 Å². The lowest BCUT2D eigenvalue weighted by Gasteiger charge is -2.16. The molecule has 0 bridgehead atoms. The molecule has 0 atom stereocenters. The van der Waals surface area contributed by atoms with Crippen LogP contribution in [0.15, 0.2) is 64.6 Å². The van der Waals surface area contributed by atoms with Crippen molar-refractivity contribution < 1.29 is 16.8 Å². The third kappa shape index (κ3) is 3.32. The Kier molecular flexibility index (Phi) is 4.43. The van der Waals surface area contributed by atoms with Crippen LogP contribution >= 0.6 is 11.3 Å². The van der Waals surface area contributed by atoms with Gasteiger partial charge < -0.3 is 4.57 Å². The standard InChI is InChI=1S/C15H15N3O4S3/c1-17-13-10-6-7-11-14(13)23-15(17)16-18(24(2,19)20)25(21,22)12-8-4-3-5-9-12/h3-11H,1-2H3. The molecule has 2 aromatic carbocycles. The summed E-state index contributed by atoms with van der Waals surface area (Å²) in [6.45, 7) is 0. The molecule has 0 aliphatic heterocycles. The Bertz CT molecular complexity index is 1190. The van der Waals surface area contributed by atoms with E-state index in [-0.39, 0.29) is 13.5 Å². The molecule has 0 amide bonds. The van der Waals surface area contributed by atoms with Crippen LogP contribution in [0.2, 0.25) is 0 Å². The van der Waals surface area contributed by atoms with E-state index in [4.69, 9.17) is 0 Å². The topological polar surface area (TPSA) is 88.8 Å². The molecule has 0 saturated heterocycles. The van der Waals surface area contributed by atoms with Crippen LogP contribution < -0.4 is 4.80 Å². The number of thiazole rings is 1. The van der Waals surface area contributed by atoms with Crippen LogP contribution in [-0.2, 0) is 27.1 Å². The summed E-state index contributed by atoms with van der Waals surface area (Å²) in [6.07, 6.45) is 0.810. The van der Waals surface area contributed by atoms with Crippen LogP contribution in [-0.4, -0.2) is 31.5 Å². The highest BCUT2D eigenvalue weighted by Crippen LogP contribution is 2.20. The van der Waals surface area contributed by atoms with Crippen molar-refractivity contribution >= 4 is 41.6 Å². The Morgan fingerprint density at radius 3 is 2.16 bits per heavy atom. The van der Waals surface area contributed by atoms with Gasteiger partial charge in [-0.05, 0) is 24.3 Å². The Morgan fingerprint density at radius 2 is 1.56 bits per heavy atom. The molecular formula is C15H15N3O4S3. The van der Waals surface area contributed by atoms with Crippen molar-refractivity contribution in [2.45, 2.75) is 4.90 Å². The maximum atomic E-state index is 12.8. The van der Waals surface area contributed by atoms with Gasteiger partial charge in [-0.15, -0.1) is 5.10 Å². The van der Waals surface area contributed by atoms with Gasteiger partial charge in [-0.1, -0.05) is 45.5 Å². The molecular weight excluding hydrogens is 382 g/mol. The van der Waals surface area contributed by atoms with Crippen LogP contribution in [0.4, 0.5) is 0 Å². The SMILES string of the molecule is Cn1c(=NN(S(C)(=O)=O)S(=O)(=O)c2ccccc2)sc2ccccc21. The Hall–Kier alpha value is -2.17. The number of para-hydroxylation sites is 1. The average molecular weight is 398 g/mol. The molecule has 3 rings (SSSR count). The lowest BCUT2D eigenvalue weighted by atomic mass is 10.3. The predicted molar refractivity (Wildman–Crippen MR) is 96.7 cm³/mol. The molecule has 3 aromatic rings. The molecule has 0 aliphatic carbocycles. The minimum Gasteiger partial charge on any atom is -0.318 e. The first kappa shape index (κ1) is 17.6. The molecule has 0 saturated carbocycles. The van der Waals surface area contributed by atoms with Crippen molar-refractivity contribution in [2.24, 2.45) is 12.1 Å². The second-order valence-corrected chi connectivity index (χ2v) is 10.1. The van der Waals surface area contributed by atoms with Gasteiger partial charge in [0.05, 0.1) is 21.4 Å². The highest BCUT2D eigenvalue weighted by Gasteiger charge is 2.31. The van der Waals surface area contributed by atoms with Crippen LogP contribution in [0.25, 0.3) is 10.2 Å². The largest absolute Gasteiger partial charge is 0.318 e. The Labute approximate surface area is 149 Å². The summed E-state index contributed by atoms with van der Waals surface area (Å²) < 4.78 is 52.5. The zero-order valence-corrected chi connectivity index (χ0v) is 15.8. The zero-order valence-electron chi connectivity index (χ0n) is 13.4. The summed E-state index contributed by atoms with van der Waals surface area (Å²) in [5.74, 6) is 0. The third-order valence-electron chi connectivity index (χ3n) is 3.41. The van der Waals surface area contributed by atoms with Gasteiger partial charge in [-0.3, -0.25) is 0 Å². The van der Waals surface area contributed by atoms with E-state index in [0.29, 0.717) is 0 Å². The average Bonchev–Trinajstić information content (AvgIpc) is 2.89. The second kappa shape index (κ2) is 6.28. The van der Waals surface area contributed by atoms with Gasteiger partial charge in [0.2, 0.25) is 4.80 Å². The van der Waals surface area contributed by atoms with Gasteiger partial charge in [-0.25, -0.2) is 8.42 Å². The maximum absolute atomic E-state index is 12.8. The first-order chi connectivity index (χ1) is 11.7. The molecule has 25 heavy (non-hydrogen) atoms. The molecule has 1 aromatic heterocycles. The number of fused-ring (bicyclic) bond motifs is 1. The highest BCUT2D eigenvalue weighted by atomic mass is 32.3. The summed E-state index contributed by atoms with van der Waals surface area (Å²) in [5.41, 5.74) is 0.830. The molecule has 0 spiro atoms. The fourth-order valence-electron chi connectivity index (χ4n) is 2.24. The lowest BCUT2D eigenvalue weighted by molar-refractivity contribution is 0.504. The van der Waals surface area contributed by atoms with Crippen molar-refractivity contribution in [3.05, 3.63) is 59.4 Å². The summed E-state index contributed by atoms with van der Waals surface area (Å²) in [6, 6.07) is 14.7. The van der Waals surface area contributed by atoms with Gasteiger partial charge in [0.15, 0.2) is 0 Å². The summed E-state index contributed by atoms with van der Waals surface area (Å²) >= 11 is 1.21. The first-order valence-corrected chi connectivity index (χ1v) is 11.2. The van der Waals surface area contributed by atoms with Gasteiger partial charge in [-0.2, -0.15) is 8.42 Å². The van der Waals surface area contributed by atoms with Crippen molar-refractivity contribution in [1.82, 2.24) is 8.39 Å². The number of nitrogens with zero attached hydrogens (tertiary/aromatic N) is 3. The number of rotatable bonds is 4. The van der Waals surface area contributed by atoms with E-state index in [1.54, 1.807) is 17.7 Å². The highest BCUT2D eigenvalue weighted by molar-refractivity contribution is 8.03. The minimum atomic E-state index is -4.34. The molecule has 0 unspecified atom stereocenters. The van der Waals surface area contributed by atoms with Gasteiger partial charge in [0, 0.05) is 7.05 Å². The van der Waals surface area contributed by atoms with Crippen molar-refractivity contribution in [3.8, 4) is 0 Å². The van der Waals surface area contributed by atoms with Crippen LogP contribution in [0.1, 0.15) is 0 Å². The minimum absolute atomic E-state index is 0.145. The smallest absolute Gasteiger partial charge is 0.292 e. The van der Waals surface area contributed by atoms with E-state index in [1.165, 1.54) is 35.6 Å². The fraction of sp³-hybridized carbons (Fsp3) is 0.133. The van der Waals surface area contributed by atoms with Crippen molar-refractivity contribution in [3.63, 3.8) is 0 Å². The van der Waals surface area contributed by atoms with E-state index < -0.39 is 20.0 Å². The molecule has 1 heterocycles. The third-order valence-corrected chi connectivity index (χ3v) is 7.93. The molecule has 0 aliphatic rings. The summed E-state index contributed by atoms with van der Waals surface area (Å²) in [7, 11) is -6.79. The van der Waals surface area contributed by atoms with E-state index in [2.05, 4.69) is 5.10 Å². The monoisotopic (exact) mass is 397 g/mol. The number of sulfonamides is 2. The predicted octanol–water partition coefficient (Wildman–Crippen LogP) is 1.71. The number of aromatic nitrogens is 1. The lowest BCUT2D eigenvalue weighted by Crippen LogP contribution is -2.34. The summed E-state index contributed by atoms with van der Waals surface area (Å²) in [5, 5.41) is 3.95.